The lowest BCUT2D eigenvalue weighted by Gasteiger charge is -2.23. The summed E-state index contributed by atoms with van der Waals surface area (Å²) in [5.41, 5.74) is 6.91. The predicted molar refractivity (Wildman–Crippen MR) is 81.0 cm³/mol. The molecule has 1 saturated heterocycles. The highest BCUT2D eigenvalue weighted by Gasteiger charge is 2.25. The summed E-state index contributed by atoms with van der Waals surface area (Å²) in [7, 11) is -3.46. The molecule has 0 aromatic heterocycles. The zero-order chi connectivity index (χ0) is 14.8. The third-order valence-electron chi connectivity index (χ3n) is 3.90. The van der Waals surface area contributed by atoms with Crippen LogP contribution in [0.5, 0.6) is 0 Å². The summed E-state index contributed by atoms with van der Waals surface area (Å²) in [6, 6.07) is 5.18. The van der Waals surface area contributed by atoms with Crippen molar-refractivity contribution in [1.29, 1.82) is 0 Å². The van der Waals surface area contributed by atoms with Crippen LogP contribution in [0.1, 0.15) is 25.3 Å². The monoisotopic (exact) mass is 297 g/mol. The molecule has 0 bridgehead atoms. The van der Waals surface area contributed by atoms with Crippen molar-refractivity contribution >= 4 is 15.7 Å². The van der Waals surface area contributed by atoms with Gasteiger partial charge < -0.3 is 5.73 Å². The minimum absolute atomic E-state index is 0.309. The zero-order valence-corrected chi connectivity index (χ0v) is 12.9. The van der Waals surface area contributed by atoms with Crippen LogP contribution in [-0.4, -0.2) is 39.0 Å². The van der Waals surface area contributed by atoms with E-state index in [9.17, 15) is 8.42 Å². The summed E-state index contributed by atoms with van der Waals surface area (Å²) in [6.45, 7) is 6.37. The number of hydrogen-bond acceptors (Lipinski definition) is 4. The molecule has 112 valence electrons. The molecule has 1 fully saturated rings. The first-order valence-corrected chi connectivity index (χ1v) is 8.52. The minimum Gasteiger partial charge on any atom is -0.399 e. The van der Waals surface area contributed by atoms with E-state index in [0.717, 1.165) is 25.9 Å². The number of rotatable bonds is 5. The van der Waals surface area contributed by atoms with Gasteiger partial charge in [0.05, 0.1) is 4.90 Å². The second-order valence-electron chi connectivity index (χ2n) is 5.30. The molecule has 1 aromatic rings. The van der Waals surface area contributed by atoms with Crippen LogP contribution in [0.2, 0.25) is 0 Å². The summed E-state index contributed by atoms with van der Waals surface area (Å²) < 4.78 is 27.4. The summed E-state index contributed by atoms with van der Waals surface area (Å²) >= 11 is 0. The van der Waals surface area contributed by atoms with Crippen molar-refractivity contribution in [1.82, 2.24) is 9.62 Å². The second kappa shape index (κ2) is 6.11. The molecule has 20 heavy (non-hydrogen) atoms. The van der Waals surface area contributed by atoms with Crippen molar-refractivity contribution < 1.29 is 8.42 Å². The Bertz CT molecular complexity index is 572. The average molecular weight is 297 g/mol. The van der Waals surface area contributed by atoms with E-state index in [2.05, 4.69) is 16.5 Å². The number of hydrogen-bond donors (Lipinski definition) is 2. The molecule has 1 heterocycles. The Morgan fingerprint density at radius 3 is 2.85 bits per heavy atom. The molecule has 1 unspecified atom stereocenters. The Morgan fingerprint density at radius 2 is 2.20 bits per heavy atom. The van der Waals surface area contributed by atoms with E-state index in [4.69, 9.17) is 5.73 Å². The molecule has 1 aliphatic heterocycles. The second-order valence-corrected chi connectivity index (χ2v) is 7.04. The fraction of sp³-hybridized carbons (Fsp3) is 0.571. The number of nitrogens with one attached hydrogen (secondary N) is 1. The van der Waals surface area contributed by atoms with E-state index >= 15 is 0 Å². The minimum atomic E-state index is -3.46. The van der Waals surface area contributed by atoms with Gasteiger partial charge in [0.25, 0.3) is 0 Å². The van der Waals surface area contributed by atoms with Gasteiger partial charge in [-0.15, -0.1) is 0 Å². The highest BCUT2D eigenvalue weighted by atomic mass is 32.2. The maximum absolute atomic E-state index is 12.3. The van der Waals surface area contributed by atoms with Gasteiger partial charge >= 0.3 is 0 Å². The van der Waals surface area contributed by atoms with Crippen molar-refractivity contribution in [3.63, 3.8) is 0 Å². The highest BCUT2D eigenvalue weighted by molar-refractivity contribution is 7.89. The first kappa shape index (κ1) is 15.3. The number of likely N-dealkylation sites (N-methyl/N-ethyl adjacent to an activating group) is 1. The molecule has 0 amide bonds. The zero-order valence-electron chi connectivity index (χ0n) is 12.1. The molecule has 2 rings (SSSR count). The lowest BCUT2D eigenvalue weighted by Crippen LogP contribution is -2.40. The third-order valence-corrected chi connectivity index (χ3v) is 5.49. The van der Waals surface area contributed by atoms with E-state index < -0.39 is 10.0 Å². The molecule has 3 N–H and O–H groups in total. The summed E-state index contributed by atoms with van der Waals surface area (Å²) in [4.78, 5) is 2.63. The summed E-state index contributed by atoms with van der Waals surface area (Å²) in [5.74, 6) is 0. The van der Waals surface area contributed by atoms with Gasteiger partial charge in [-0.2, -0.15) is 0 Å². The van der Waals surface area contributed by atoms with Crippen molar-refractivity contribution in [2.24, 2.45) is 0 Å². The van der Waals surface area contributed by atoms with Crippen molar-refractivity contribution in [2.45, 2.75) is 37.6 Å². The Balaban J connectivity index is 2.07. The maximum atomic E-state index is 12.3. The number of aryl methyl sites for hydroxylation is 1. The molecule has 1 aromatic carbocycles. The van der Waals surface area contributed by atoms with Gasteiger partial charge in [0, 0.05) is 18.3 Å². The van der Waals surface area contributed by atoms with Crippen LogP contribution < -0.4 is 10.5 Å². The fourth-order valence-corrected chi connectivity index (χ4v) is 4.10. The number of sulfonamides is 1. The van der Waals surface area contributed by atoms with Crippen molar-refractivity contribution in [3.8, 4) is 0 Å². The van der Waals surface area contributed by atoms with E-state index in [1.54, 1.807) is 25.1 Å². The fourth-order valence-electron chi connectivity index (χ4n) is 2.80. The van der Waals surface area contributed by atoms with Gasteiger partial charge in [-0.25, -0.2) is 13.1 Å². The number of nitrogens with zero attached hydrogens (tertiary/aromatic N) is 1. The third kappa shape index (κ3) is 3.31. The topological polar surface area (TPSA) is 75.4 Å². The van der Waals surface area contributed by atoms with Crippen LogP contribution in [0.15, 0.2) is 23.1 Å². The molecule has 0 radical (unpaired) electrons. The van der Waals surface area contributed by atoms with Gasteiger partial charge in [0.2, 0.25) is 10.0 Å². The van der Waals surface area contributed by atoms with E-state index in [1.807, 2.05) is 0 Å². The maximum Gasteiger partial charge on any atom is 0.240 e. The number of benzene rings is 1. The Labute approximate surface area is 121 Å². The van der Waals surface area contributed by atoms with Gasteiger partial charge in [0.1, 0.15) is 0 Å². The molecular formula is C14H23N3O2S. The smallest absolute Gasteiger partial charge is 0.240 e. The molecule has 0 aliphatic carbocycles. The van der Waals surface area contributed by atoms with Crippen LogP contribution in [0.25, 0.3) is 0 Å². The quantitative estimate of drug-likeness (QED) is 0.804. The Hall–Kier alpha value is -1.11. The molecule has 6 heteroatoms. The average Bonchev–Trinajstić information content (AvgIpc) is 2.83. The predicted octanol–water partition coefficient (Wildman–Crippen LogP) is 1.34. The van der Waals surface area contributed by atoms with Crippen LogP contribution >= 0.6 is 0 Å². The lowest BCUT2D eigenvalue weighted by atomic mass is 10.2. The van der Waals surface area contributed by atoms with Crippen LogP contribution in [0, 0.1) is 6.92 Å². The van der Waals surface area contributed by atoms with Crippen LogP contribution in [0.4, 0.5) is 5.69 Å². The van der Waals surface area contributed by atoms with Crippen LogP contribution in [-0.2, 0) is 10.0 Å². The standard InChI is InChI=1S/C14H23N3O2S/c1-3-17-8-4-5-13(17)10-16-20(18,19)14-7-6-12(15)9-11(14)2/h6-7,9,13,16H,3-5,8,10,15H2,1-2H3. The number of anilines is 1. The van der Waals surface area contributed by atoms with E-state index in [1.165, 1.54) is 0 Å². The molecule has 1 aliphatic rings. The molecule has 0 saturated carbocycles. The first-order chi connectivity index (χ1) is 9.44. The number of nitrogens with two attached hydrogens (primary N) is 1. The number of likely N-dealkylation sites (tertiary alicyclic amines) is 1. The van der Waals surface area contributed by atoms with Crippen molar-refractivity contribution in [2.75, 3.05) is 25.4 Å². The first-order valence-electron chi connectivity index (χ1n) is 7.04. The van der Waals surface area contributed by atoms with E-state index in [0.29, 0.717) is 28.7 Å². The van der Waals surface area contributed by atoms with Gasteiger partial charge in [-0.05, 0) is 56.6 Å². The molecule has 0 spiro atoms. The van der Waals surface area contributed by atoms with Crippen molar-refractivity contribution in [3.05, 3.63) is 23.8 Å². The van der Waals surface area contributed by atoms with Crippen LogP contribution in [0.3, 0.4) is 0 Å². The lowest BCUT2D eigenvalue weighted by molar-refractivity contribution is 0.268. The van der Waals surface area contributed by atoms with E-state index in [-0.39, 0.29) is 0 Å². The summed E-state index contributed by atoms with van der Waals surface area (Å²) in [5, 5.41) is 0. The largest absolute Gasteiger partial charge is 0.399 e. The normalized spacial score (nSPS) is 20.4. The summed E-state index contributed by atoms with van der Waals surface area (Å²) in [6.07, 6.45) is 2.19. The molecule has 5 nitrogen and oxygen atoms in total. The SMILES string of the molecule is CCN1CCCC1CNS(=O)(=O)c1ccc(N)cc1C. The van der Waals surface area contributed by atoms with Gasteiger partial charge in [0.15, 0.2) is 0 Å². The Kier molecular flexibility index (Phi) is 4.67. The Morgan fingerprint density at radius 1 is 1.45 bits per heavy atom. The highest BCUT2D eigenvalue weighted by Crippen LogP contribution is 2.19. The van der Waals surface area contributed by atoms with Gasteiger partial charge in [-0.1, -0.05) is 6.92 Å². The molecular weight excluding hydrogens is 274 g/mol. The number of nitrogen functional groups attached to an aromatic ring is 1. The molecule has 1 atom stereocenters. The van der Waals surface area contributed by atoms with Gasteiger partial charge in [-0.3, -0.25) is 4.90 Å².